The molecule has 0 atom stereocenters. The first kappa shape index (κ1) is 21.2. The van der Waals surface area contributed by atoms with Crippen molar-refractivity contribution in [1.82, 2.24) is 15.1 Å². The molecule has 0 unspecified atom stereocenters. The number of nitrogens with one attached hydrogen (secondary N) is 1. The average molecular weight is 341 g/mol. The normalized spacial score (nSPS) is 16.9. The minimum absolute atomic E-state index is 0.627. The van der Waals surface area contributed by atoms with Gasteiger partial charge in [-0.3, -0.25) is 4.99 Å². The standard InChI is InChI=1S/C19H40N4O/c1-6-20-19(21-12-7-8-13-22(4)17(2)3)23(5)14-9-18-10-15-24-16-11-18/h17-18H,6-16H2,1-5H3,(H,20,21). The predicted octanol–water partition coefficient (Wildman–Crippen LogP) is 2.82. The number of unbranched alkanes of at least 4 members (excludes halogenated alkanes) is 1. The number of hydrogen-bond acceptors (Lipinski definition) is 3. The van der Waals surface area contributed by atoms with Crippen LogP contribution in [0.15, 0.2) is 4.99 Å². The summed E-state index contributed by atoms with van der Waals surface area (Å²) in [6.45, 7) is 12.6. The summed E-state index contributed by atoms with van der Waals surface area (Å²) in [7, 11) is 4.36. The van der Waals surface area contributed by atoms with E-state index in [4.69, 9.17) is 9.73 Å². The molecule has 1 N–H and O–H groups in total. The van der Waals surface area contributed by atoms with Crippen molar-refractivity contribution in [3.05, 3.63) is 0 Å². The van der Waals surface area contributed by atoms with E-state index in [1.807, 2.05) is 0 Å². The summed E-state index contributed by atoms with van der Waals surface area (Å²) in [5.41, 5.74) is 0. The Morgan fingerprint density at radius 2 is 1.88 bits per heavy atom. The zero-order valence-electron chi connectivity index (χ0n) is 16.7. The molecule has 142 valence electrons. The molecule has 24 heavy (non-hydrogen) atoms. The first-order valence-corrected chi connectivity index (χ1v) is 9.82. The highest BCUT2D eigenvalue weighted by Gasteiger charge is 2.15. The van der Waals surface area contributed by atoms with E-state index in [-0.39, 0.29) is 0 Å². The van der Waals surface area contributed by atoms with E-state index < -0.39 is 0 Å². The van der Waals surface area contributed by atoms with Crippen LogP contribution >= 0.6 is 0 Å². The molecule has 0 saturated carbocycles. The van der Waals surface area contributed by atoms with Crippen LogP contribution in [0.3, 0.4) is 0 Å². The molecule has 1 rings (SSSR count). The lowest BCUT2D eigenvalue weighted by molar-refractivity contribution is 0.0625. The van der Waals surface area contributed by atoms with Gasteiger partial charge in [-0.1, -0.05) is 0 Å². The van der Waals surface area contributed by atoms with Gasteiger partial charge in [0.25, 0.3) is 0 Å². The zero-order valence-corrected chi connectivity index (χ0v) is 16.7. The van der Waals surface area contributed by atoms with Crippen molar-refractivity contribution in [3.8, 4) is 0 Å². The minimum atomic E-state index is 0.627. The summed E-state index contributed by atoms with van der Waals surface area (Å²) in [4.78, 5) is 9.50. The second-order valence-corrected chi connectivity index (χ2v) is 7.28. The lowest BCUT2D eigenvalue weighted by Gasteiger charge is -2.27. The maximum absolute atomic E-state index is 5.45. The fourth-order valence-corrected chi connectivity index (χ4v) is 2.90. The highest BCUT2D eigenvalue weighted by Crippen LogP contribution is 2.18. The Balaban J connectivity index is 2.29. The summed E-state index contributed by atoms with van der Waals surface area (Å²) in [5, 5.41) is 3.43. The molecular formula is C19H40N4O. The molecule has 5 nitrogen and oxygen atoms in total. The van der Waals surface area contributed by atoms with Crippen molar-refractivity contribution in [2.24, 2.45) is 10.9 Å². The smallest absolute Gasteiger partial charge is 0.193 e. The van der Waals surface area contributed by atoms with Gasteiger partial charge in [-0.15, -0.1) is 0 Å². The van der Waals surface area contributed by atoms with Gasteiger partial charge < -0.3 is 19.9 Å². The van der Waals surface area contributed by atoms with E-state index in [0.29, 0.717) is 6.04 Å². The van der Waals surface area contributed by atoms with Crippen molar-refractivity contribution in [3.63, 3.8) is 0 Å². The third-order valence-electron chi connectivity index (χ3n) is 4.97. The van der Waals surface area contributed by atoms with E-state index in [2.05, 4.69) is 50.0 Å². The number of ether oxygens (including phenoxy) is 1. The summed E-state index contributed by atoms with van der Waals surface area (Å²) < 4.78 is 5.45. The Kier molecular flexibility index (Phi) is 11.1. The van der Waals surface area contributed by atoms with Crippen LogP contribution in [0, 0.1) is 5.92 Å². The summed E-state index contributed by atoms with van der Waals surface area (Å²) in [6.07, 6.45) is 6.03. The molecular weight excluding hydrogens is 300 g/mol. The quantitative estimate of drug-likeness (QED) is 0.377. The van der Waals surface area contributed by atoms with Gasteiger partial charge >= 0.3 is 0 Å². The lowest BCUT2D eigenvalue weighted by atomic mass is 9.96. The number of hydrogen-bond donors (Lipinski definition) is 1. The van der Waals surface area contributed by atoms with E-state index in [0.717, 1.165) is 57.7 Å². The predicted molar refractivity (Wildman–Crippen MR) is 104 cm³/mol. The topological polar surface area (TPSA) is 40.1 Å². The van der Waals surface area contributed by atoms with Crippen LogP contribution in [0.2, 0.25) is 0 Å². The minimum Gasteiger partial charge on any atom is -0.381 e. The van der Waals surface area contributed by atoms with E-state index >= 15 is 0 Å². The van der Waals surface area contributed by atoms with Gasteiger partial charge in [0.15, 0.2) is 5.96 Å². The number of guanidine groups is 1. The summed E-state index contributed by atoms with van der Waals surface area (Å²) in [5.74, 6) is 1.87. The first-order valence-electron chi connectivity index (χ1n) is 9.82. The van der Waals surface area contributed by atoms with E-state index in [1.165, 1.54) is 25.7 Å². The number of rotatable bonds is 10. The molecule has 1 saturated heterocycles. The van der Waals surface area contributed by atoms with Crippen molar-refractivity contribution in [2.45, 2.75) is 58.9 Å². The average Bonchev–Trinajstić information content (AvgIpc) is 2.59. The van der Waals surface area contributed by atoms with Crippen LogP contribution in [-0.2, 0) is 4.74 Å². The zero-order chi connectivity index (χ0) is 17.8. The molecule has 0 spiro atoms. The Morgan fingerprint density at radius 1 is 1.17 bits per heavy atom. The maximum Gasteiger partial charge on any atom is 0.193 e. The summed E-state index contributed by atoms with van der Waals surface area (Å²) in [6, 6.07) is 0.627. The molecule has 0 aromatic rings. The van der Waals surface area contributed by atoms with Gasteiger partial charge in [0.1, 0.15) is 0 Å². The van der Waals surface area contributed by atoms with Crippen LogP contribution in [-0.4, -0.2) is 75.3 Å². The molecule has 0 bridgehead atoms. The van der Waals surface area contributed by atoms with Gasteiger partial charge in [0, 0.05) is 45.9 Å². The molecule has 0 aromatic heterocycles. The van der Waals surface area contributed by atoms with Crippen LogP contribution in [0.1, 0.15) is 52.9 Å². The van der Waals surface area contributed by atoms with Crippen molar-refractivity contribution < 1.29 is 4.74 Å². The maximum atomic E-state index is 5.45. The van der Waals surface area contributed by atoms with E-state index in [1.54, 1.807) is 0 Å². The number of aliphatic imine (C=N–C) groups is 1. The fraction of sp³-hybridized carbons (Fsp3) is 0.947. The largest absolute Gasteiger partial charge is 0.381 e. The van der Waals surface area contributed by atoms with Crippen LogP contribution < -0.4 is 5.32 Å². The van der Waals surface area contributed by atoms with Gasteiger partial charge in [-0.05, 0) is 72.4 Å². The Hall–Kier alpha value is -0.810. The Bertz CT molecular complexity index is 340. The van der Waals surface area contributed by atoms with Gasteiger partial charge in [0.05, 0.1) is 0 Å². The second kappa shape index (κ2) is 12.5. The third-order valence-corrected chi connectivity index (χ3v) is 4.97. The van der Waals surface area contributed by atoms with Crippen LogP contribution in [0.25, 0.3) is 0 Å². The van der Waals surface area contributed by atoms with Crippen molar-refractivity contribution in [1.29, 1.82) is 0 Å². The van der Waals surface area contributed by atoms with Gasteiger partial charge in [0.2, 0.25) is 0 Å². The fourth-order valence-electron chi connectivity index (χ4n) is 2.90. The molecule has 0 radical (unpaired) electrons. The van der Waals surface area contributed by atoms with Crippen molar-refractivity contribution >= 4 is 5.96 Å². The van der Waals surface area contributed by atoms with Crippen LogP contribution in [0.4, 0.5) is 0 Å². The molecule has 0 amide bonds. The first-order chi connectivity index (χ1) is 11.5. The monoisotopic (exact) mass is 340 g/mol. The summed E-state index contributed by atoms with van der Waals surface area (Å²) >= 11 is 0. The highest BCUT2D eigenvalue weighted by molar-refractivity contribution is 5.79. The lowest BCUT2D eigenvalue weighted by Crippen LogP contribution is -2.40. The van der Waals surface area contributed by atoms with Gasteiger partial charge in [-0.2, -0.15) is 0 Å². The molecule has 1 fully saturated rings. The van der Waals surface area contributed by atoms with Crippen molar-refractivity contribution in [2.75, 3.05) is 53.5 Å². The third kappa shape index (κ3) is 8.88. The SMILES string of the molecule is CCNC(=NCCCCN(C)C(C)C)N(C)CCC1CCOCC1. The molecule has 0 aliphatic carbocycles. The second-order valence-electron chi connectivity index (χ2n) is 7.28. The molecule has 1 aliphatic heterocycles. The van der Waals surface area contributed by atoms with Crippen LogP contribution in [0.5, 0.6) is 0 Å². The molecule has 0 aromatic carbocycles. The van der Waals surface area contributed by atoms with Gasteiger partial charge in [-0.25, -0.2) is 0 Å². The Morgan fingerprint density at radius 3 is 2.50 bits per heavy atom. The Labute approximate surface area is 149 Å². The highest BCUT2D eigenvalue weighted by atomic mass is 16.5. The molecule has 1 aliphatic rings. The molecule has 5 heteroatoms. The number of nitrogens with zero attached hydrogens (tertiary/aromatic N) is 3. The molecule has 1 heterocycles. The van der Waals surface area contributed by atoms with E-state index in [9.17, 15) is 0 Å².